The zero-order chi connectivity index (χ0) is 26.3. The number of rotatable bonds is 5. The van der Waals surface area contributed by atoms with Gasteiger partial charge in [-0.1, -0.05) is 58.9 Å². The number of imidazole rings is 1. The molecule has 0 radical (unpaired) electrons. The van der Waals surface area contributed by atoms with Crippen LogP contribution >= 0.6 is 0 Å². The normalized spacial score (nSPS) is 14.6. The summed E-state index contributed by atoms with van der Waals surface area (Å²) in [6.45, 7) is 16.9. The number of aryl methyl sites for hydroxylation is 2. The molecule has 2 aromatic heterocycles. The number of nitrogens with one attached hydrogen (secondary N) is 1. The lowest BCUT2D eigenvalue weighted by Crippen LogP contribution is -2.47. The highest BCUT2D eigenvalue weighted by molar-refractivity contribution is 5.87. The maximum Gasteiger partial charge on any atom is 0.229 e. The van der Waals surface area contributed by atoms with Gasteiger partial charge in [-0.25, -0.2) is 4.98 Å². The van der Waals surface area contributed by atoms with Gasteiger partial charge >= 0.3 is 0 Å². The topological polar surface area (TPSA) is 62.1 Å². The van der Waals surface area contributed by atoms with Gasteiger partial charge in [0.1, 0.15) is 5.52 Å². The summed E-state index contributed by atoms with van der Waals surface area (Å²) in [5, 5.41) is 3.63. The largest absolute Gasteiger partial charge is 0.368 e. The van der Waals surface area contributed by atoms with Crippen LogP contribution in [0.25, 0.3) is 11.2 Å². The third-order valence-corrected chi connectivity index (χ3v) is 7.40. The first-order chi connectivity index (χ1) is 17.6. The SMILES string of the molecule is Cc1ccc(C(C)(C)C)cc1Nc1nc(N2CCN(c3ccc(C(C)C)cc3)CC2)nc2ncn(C)c12. The first-order valence-electron chi connectivity index (χ1n) is 13.3. The number of benzene rings is 2. The fourth-order valence-corrected chi connectivity index (χ4v) is 4.86. The molecule has 37 heavy (non-hydrogen) atoms. The fraction of sp³-hybridized carbons (Fsp3) is 0.433. The predicted octanol–water partition coefficient (Wildman–Crippen LogP) is 6.16. The first kappa shape index (κ1) is 25.1. The summed E-state index contributed by atoms with van der Waals surface area (Å²) in [6.07, 6.45) is 1.81. The van der Waals surface area contributed by atoms with Gasteiger partial charge in [0, 0.05) is 44.6 Å². The molecular formula is C30H39N7. The number of fused-ring (bicyclic) bond motifs is 1. The fourth-order valence-electron chi connectivity index (χ4n) is 4.86. The van der Waals surface area contributed by atoms with Crippen molar-refractivity contribution < 1.29 is 0 Å². The Balaban J connectivity index is 1.40. The van der Waals surface area contributed by atoms with E-state index in [2.05, 4.69) is 104 Å². The lowest BCUT2D eigenvalue weighted by Gasteiger charge is -2.36. The van der Waals surface area contributed by atoms with Gasteiger partial charge in [-0.2, -0.15) is 9.97 Å². The molecule has 0 aliphatic carbocycles. The van der Waals surface area contributed by atoms with E-state index in [9.17, 15) is 0 Å². The van der Waals surface area contributed by atoms with Crippen molar-refractivity contribution >= 4 is 34.3 Å². The van der Waals surface area contributed by atoms with E-state index in [1.807, 2.05) is 17.9 Å². The van der Waals surface area contributed by atoms with E-state index in [0.717, 1.165) is 49.1 Å². The van der Waals surface area contributed by atoms with E-state index in [4.69, 9.17) is 9.97 Å². The second kappa shape index (κ2) is 9.69. The van der Waals surface area contributed by atoms with Crippen LogP contribution in [0, 0.1) is 6.92 Å². The smallest absolute Gasteiger partial charge is 0.229 e. The van der Waals surface area contributed by atoms with Gasteiger partial charge in [0.15, 0.2) is 11.5 Å². The molecule has 1 aliphatic heterocycles. The summed E-state index contributed by atoms with van der Waals surface area (Å²) in [5.74, 6) is 2.07. The Morgan fingerprint density at radius 1 is 0.892 bits per heavy atom. The first-order valence-corrected chi connectivity index (χ1v) is 13.3. The molecule has 0 spiro atoms. The second-order valence-corrected chi connectivity index (χ2v) is 11.5. The maximum atomic E-state index is 5.04. The molecule has 1 N–H and O–H groups in total. The summed E-state index contributed by atoms with van der Waals surface area (Å²) < 4.78 is 1.99. The number of aromatic nitrogens is 4. The Morgan fingerprint density at radius 3 is 2.22 bits per heavy atom. The van der Waals surface area contributed by atoms with Gasteiger partial charge < -0.3 is 19.7 Å². The van der Waals surface area contributed by atoms with Crippen molar-refractivity contribution in [3.8, 4) is 0 Å². The molecular weight excluding hydrogens is 458 g/mol. The van der Waals surface area contributed by atoms with Crippen LogP contribution in [-0.2, 0) is 12.5 Å². The van der Waals surface area contributed by atoms with E-state index in [-0.39, 0.29) is 5.41 Å². The summed E-state index contributed by atoms with van der Waals surface area (Å²) in [6, 6.07) is 15.6. The number of anilines is 4. The number of hydrogen-bond donors (Lipinski definition) is 1. The molecule has 1 fully saturated rings. The van der Waals surface area contributed by atoms with Crippen molar-refractivity contribution in [2.24, 2.45) is 7.05 Å². The summed E-state index contributed by atoms with van der Waals surface area (Å²) in [5.41, 5.74) is 7.88. The van der Waals surface area contributed by atoms with E-state index in [1.54, 1.807) is 0 Å². The number of nitrogens with zero attached hydrogens (tertiary/aromatic N) is 6. The maximum absolute atomic E-state index is 5.04. The van der Waals surface area contributed by atoms with Crippen molar-refractivity contribution in [3.05, 3.63) is 65.5 Å². The lowest BCUT2D eigenvalue weighted by atomic mass is 9.86. The molecule has 2 aromatic carbocycles. The monoisotopic (exact) mass is 497 g/mol. The molecule has 1 aliphatic rings. The average molecular weight is 498 g/mol. The van der Waals surface area contributed by atoms with Gasteiger partial charge in [0.05, 0.1) is 6.33 Å². The van der Waals surface area contributed by atoms with E-state index < -0.39 is 0 Å². The van der Waals surface area contributed by atoms with Crippen LogP contribution in [0.1, 0.15) is 57.2 Å². The third kappa shape index (κ3) is 5.13. The van der Waals surface area contributed by atoms with Crippen LogP contribution in [0.4, 0.5) is 23.1 Å². The van der Waals surface area contributed by atoms with E-state index in [0.29, 0.717) is 11.6 Å². The quantitative estimate of drug-likeness (QED) is 0.356. The lowest BCUT2D eigenvalue weighted by molar-refractivity contribution is 0.590. The van der Waals surface area contributed by atoms with Crippen molar-refractivity contribution in [3.63, 3.8) is 0 Å². The Labute approximate surface area is 220 Å². The molecule has 0 amide bonds. The van der Waals surface area contributed by atoms with Crippen LogP contribution < -0.4 is 15.1 Å². The highest BCUT2D eigenvalue weighted by Crippen LogP contribution is 2.31. The van der Waals surface area contributed by atoms with Crippen LogP contribution in [0.2, 0.25) is 0 Å². The van der Waals surface area contributed by atoms with Crippen LogP contribution in [0.15, 0.2) is 48.8 Å². The standard InChI is InChI=1S/C30H39N7/c1-20(2)22-9-12-24(13-10-22)36-14-16-37(17-15-36)29-33-27-26(35(7)19-31-27)28(34-29)32-25-18-23(30(4,5)6)11-8-21(25)3/h8-13,18-20H,14-17H2,1-7H3,(H,32,33,34). The van der Waals surface area contributed by atoms with Crippen molar-refractivity contribution in [2.45, 2.75) is 52.9 Å². The molecule has 0 saturated carbocycles. The van der Waals surface area contributed by atoms with Gasteiger partial charge in [-0.15, -0.1) is 0 Å². The molecule has 7 nitrogen and oxygen atoms in total. The predicted molar refractivity (Wildman–Crippen MR) is 154 cm³/mol. The van der Waals surface area contributed by atoms with Crippen LogP contribution in [0.3, 0.4) is 0 Å². The van der Waals surface area contributed by atoms with Crippen molar-refractivity contribution in [2.75, 3.05) is 41.3 Å². The van der Waals surface area contributed by atoms with Crippen LogP contribution in [-0.4, -0.2) is 45.7 Å². The van der Waals surface area contributed by atoms with Gasteiger partial charge in [0.2, 0.25) is 5.95 Å². The molecule has 1 saturated heterocycles. The Morgan fingerprint density at radius 2 is 1.57 bits per heavy atom. The molecule has 0 atom stereocenters. The van der Waals surface area contributed by atoms with Gasteiger partial charge in [0.25, 0.3) is 0 Å². The van der Waals surface area contributed by atoms with Crippen molar-refractivity contribution in [1.82, 2.24) is 19.5 Å². The molecule has 0 unspecified atom stereocenters. The summed E-state index contributed by atoms with van der Waals surface area (Å²) in [7, 11) is 1.99. The Kier molecular flexibility index (Phi) is 6.56. The molecule has 5 rings (SSSR count). The van der Waals surface area contributed by atoms with Gasteiger partial charge in [-0.05, 0) is 53.1 Å². The molecule has 4 aromatic rings. The minimum atomic E-state index is 0.0671. The van der Waals surface area contributed by atoms with Crippen LogP contribution in [0.5, 0.6) is 0 Å². The Bertz CT molecular complexity index is 1390. The number of piperazine rings is 1. The summed E-state index contributed by atoms with van der Waals surface area (Å²) in [4.78, 5) is 19.2. The Hall–Kier alpha value is -3.61. The highest BCUT2D eigenvalue weighted by Gasteiger charge is 2.23. The molecule has 194 valence electrons. The molecule has 3 heterocycles. The van der Waals surface area contributed by atoms with E-state index in [1.165, 1.54) is 22.4 Å². The summed E-state index contributed by atoms with van der Waals surface area (Å²) >= 11 is 0. The van der Waals surface area contributed by atoms with Gasteiger partial charge in [-0.3, -0.25) is 0 Å². The zero-order valence-corrected chi connectivity index (χ0v) is 23.2. The number of hydrogen-bond acceptors (Lipinski definition) is 6. The minimum absolute atomic E-state index is 0.0671. The molecule has 0 bridgehead atoms. The average Bonchev–Trinajstić information content (AvgIpc) is 3.25. The van der Waals surface area contributed by atoms with E-state index >= 15 is 0 Å². The van der Waals surface area contributed by atoms with Crippen molar-refractivity contribution in [1.29, 1.82) is 0 Å². The minimum Gasteiger partial charge on any atom is -0.368 e. The highest BCUT2D eigenvalue weighted by atomic mass is 15.3. The third-order valence-electron chi connectivity index (χ3n) is 7.40. The zero-order valence-electron chi connectivity index (χ0n) is 23.2. The molecule has 7 heteroatoms. The second-order valence-electron chi connectivity index (χ2n) is 11.5.